The highest BCUT2D eigenvalue weighted by Gasteiger charge is 2.26. The summed E-state index contributed by atoms with van der Waals surface area (Å²) in [5.74, 6) is 0.428. The molecule has 2 atom stereocenters. The van der Waals surface area contributed by atoms with Gasteiger partial charge in [0.05, 0.1) is 19.0 Å². The van der Waals surface area contributed by atoms with Crippen molar-refractivity contribution in [2.24, 2.45) is 5.92 Å². The molecule has 0 spiro atoms. The van der Waals surface area contributed by atoms with Crippen LogP contribution < -0.4 is 10.6 Å². The average molecular weight is 410 g/mol. The topological polar surface area (TPSA) is 87.7 Å². The minimum absolute atomic E-state index is 0.0634. The molecule has 156 valence electrons. The maximum Gasteiger partial charge on any atom is 0.315 e. The van der Waals surface area contributed by atoms with Gasteiger partial charge in [-0.15, -0.1) is 0 Å². The van der Waals surface area contributed by atoms with E-state index in [-0.39, 0.29) is 17.8 Å². The van der Waals surface area contributed by atoms with Crippen molar-refractivity contribution in [1.29, 1.82) is 0 Å². The fourth-order valence-corrected chi connectivity index (χ4v) is 5.47. The van der Waals surface area contributed by atoms with E-state index in [1.165, 1.54) is 10.7 Å². The molecule has 1 heterocycles. The van der Waals surface area contributed by atoms with E-state index in [0.717, 1.165) is 30.4 Å². The summed E-state index contributed by atoms with van der Waals surface area (Å²) < 4.78 is 32.2. The Bertz CT molecular complexity index is 762. The Morgan fingerprint density at radius 1 is 1.14 bits per heavy atom. The highest BCUT2D eigenvalue weighted by atomic mass is 32.2. The van der Waals surface area contributed by atoms with Crippen molar-refractivity contribution in [3.63, 3.8) is 0 Å². The monoisotopic (exact) mass is 409 g/mol. The quantitative estimate of drug-likeness (QED) is 0.754. The number of hydrogen-bond donors (Lipinski definition) is 2. The molecule has 1 saturated heterocycles. The second-order valence-electron chi connectivity index (χ2n) is 7.73. The third-order valence-electron chi connectivity index (χ3n) is 5.69. The van der Waals surface area contributed by atoms with Gasteiger partial charge in [0.25, 0.3) is 0 Å². The Morgan fingerprint density at radius 2 is 1.82 bits per heavy atom. The Balaban J connectivity index is 1.58. The maximum atomic E-state index is 12.7. The zero-order chi connectivity index (χ0) is 20.0. The highest BCUT2D eigenvalue weighted by Crippen LogP contribution is 2.23. The first-order valence-electron chi connectivity index (χ1n) is 10.1. The van der Waals surface area contributed by atoms with Gasteiger partial charge in [-0.25, -0.2) is 13.2 Å². The standard InChI is InChI=1S/C20H31N3O4S/c1-16-6-2-5-9-19(16)22-20(24)21-14-17-7-3-4-8-18(17)15-28(25,26)23-10-12-27-13-11-23/h3-4,7-8,16,19H,2,5-6,9-15H2,1H3,(H2,21,22,24)/t16-,19+/m0/s1. The van der Waals surface area contributed by atoms with Gasteiger partial charge in [0.15, 0.2) is 0 Å². The molecule has 2 aliphatic rings. The molecule has 1 aromatic carbocycles. The number of rotatable bonds is 6. The summed E-state index contributed by atoms with van der Waals surface area (Å²) in [7, 11) is -3.40. The first kappa shape index (κ1) is 21.1. The Morgan fingerprint density at radius 3 is 2.54 bits per heavy atom. The minimum atomic E-state index is -3.40. The van der Waals surface area contributed by atoms with Gasteiger partial charge in [-0.3, -0.25) is 0 Å². The van der Waals surface area contributed by atoms with Crippen LogP contribution >= 0.6 is 0 Å². The molecule has 0 bridgehead atoms. The third kappa shape index (κ3) is 5.68. The molecule has 1 aliphatic carbocycles. The minimum Gasteiger partial charge on any atom is -0.379 e. The summed E-state index contributed by atoms with van der Waals surface area (Å²) in [6.45, 7) is 4.14. The van der Waals surface area contributed by atoms with Crippen molar-refractivity contribution in [3.05, 3.63) is 35.4 Å². The Kier molecular flexibility index (Phi) is 7.31. The van der Waals surface area contributed by atoms with E-state index in [2.05, 4.69) is 17.6 Å². The number of nitrogens with zero attached hydrogens (tertiary/aromatic N) is 1. The number of amides is 2. The van der Waals surface area contributed by atoms with Crippen molar-refractivity contribution in [3.8, 4) is 0 Å². The van der Waals surface area contributed by atoms with E-state index >= 15 is 0 Å². The smallest absolute Gasteiger partial charge is 0.315 e. The lowest BCUT2D eigenvalue weighted by Gasteiger charge is -2.29. The molecule has 0 aromatic heterocycles. The van der Waals surface area contributed by atoms with Gasteiger partial charge in [-0.05, 0) is 29.9 Å². The molecule has 2 fully saturated rings. The van der Waals surface area contributed by atoms with Crippen molar-refractivity contribution in [1.82, 2.24) is 14.9 Å². The molecular weight excluding hydrogens is 378 g/mol. The van der Waals surface area contributed by atoms with Gasteiger partial charge in [0.2, 0.25) is 10.0 Å². The average Bonchev–Trinajstić information content (AvgIpc) is 2.69. The van der Waals surface area contributed by atoms with Crippen molar-refractivity contribution in [2.45, 2.75) is 50.9 Å². The number of carbonyl (C=O) groups is 1. The fraction of sp³-hybridized carbons (Fsp3) is 0.650. The first-order valence-corrected chi connectivity index (χ1v) is 11.7. The number of nitrogens with one attached hydrogen (secondary N) is 2. The number of benzene rings is 1. The van der Waals surface area contributed by atoms with Crippen molar-refractivity contribution < 1.29 is 17.9 Å². The molecule has 8 heteroatoms. The molecule has 2 N–H and O–H groups in total. The van der Waals surface area contributed by atoms with Crippen LogP contribution in [0.15, 0.2) is 24.3 Å². The zero-order valence-electron chi connectivity index (χ0n) is 16.5. The van der Waals surface area contributed by atoms with E-state index in [0.29, 0.717) is 38.8 Å². The molecule has 1 aromatic rings. The molecular formula is C20H31N3O4S. The predicted molar refractivity (Wildman–Crippen MR) is 108 cm³/mol. The number of morpholine rings is 1. The molecule has 1 aliphatic heterocycles. The summed E-state index contributed by atoms with van der Waals surface area (Å²) in [4.78, 5) is 12.3. The van der Waals surface area contributed by atoms with Crippen LogP contribution in [-0.4, -0.2) is 51.1 Å². The molecule has 0 unspecified atom stereocenters. The molecule has 0 radical (unpaired) electrons. The van der Waals surface area contributed by atoms with Crippen LogP contribution in [0.2, 0.25) is 0 Å². The van der Waals surface area contributed by atoms with Gasteiger partial charge >= 0.3 is 6.03 Å². The highest BCUT2D eigenvalue weighted by molar-refractivity contribution is 7.88. The Labute approximate surface area is 167 Å². The van der Waals surface area contributed by atoms with Crippen LogP contribution in [-0.2, 0) is 27.1 Å². The summed E-state index contributed by atoms with van der Waals surface area (Å²) in [6, 6.07) is 7.40. The SMILES string of the molecule is C[C@H]1CCCC[C@H]1NC(=O)NCc1ccccc1CS(=O)(=O)N1CCOCC1. The van der Waals surface area contributed by atoms with Crippen LogP contribution in [0.25, 0.3) is 0 Å². The molecule has 28 heavy (non-hydrogen) atoms. The van der Waals surface area contributed by atoms with Crippen LogP contribution in [0.5, 0.6) is 0 Å². The molecule has 3 rings (SSSR count). The van der Waals surface area contributed by atoms with Crippen LogP contribution in [0.1, 0.15) is 43.7 Å². The second-order valence-corrected chi connectivity index (χ2v) is 9.70. The largest absolute Gasteiger partial charge is 0.379 e. The maximum absolute atomic E-state index is 12.7. The first-order chi connectivity index (χ1) is 13.5. The van der Waals surface area contributed by atoms with Gasteiger partial charge in [0.1, 0.15) is 0 Å². The van der Waals surface area contributed by atoms with Gasteiger partial charge in [0, 0.05) is 25.7 Å². The van der Waals surface area contributed by atoms with Crippen LogP contribution in [0, 0.1) is 5.92 Å². The van der Waals surface area contributed by atoms with Crippen molar-refractivity contribution >= 4 is 16.1 Å². The number of hydrogen-bond acceptors (Lipinski definition) is 4. The van der Waals surface area contributed by atoms with E-state index < -0.39 is 10.0 Å². The van der Waals surface area contributed by atoms with E-state index in [9.17, 15) is 13.2 Å². The molecule has 2 amide bonds. The number of sulfonamides is 1. The van der Waals surface area contributed by atoms with E-state index in [1.807, 2.05) is 24.3 Å². The number of urea groups is 1. The van der Waals surface area contributed by atoms with Crippen molar-refractivity contribution in [2.75, 3.05) is 26.3 Å². The summed E-state index contributed by atoms with van der Waals surface area (Å²) in [5.41, 5.74) is 1.55. The Hall–Kier alpha value is -1.64. The third-order valence-corrected chi connectivity index (χ3v) is 7.51. The molecule has 1 saturated carbocycles. The van der Waals surface area contributed by atoms with Gasteiger partial charge < -0.3 is 15.4 Å². The summed E-state index contributed by atoms with van der Waals surface area (Å²) >= 11 is 0. The lowest BCUT2D eigenvalue weighted by molar-refractivity contribution is 0.0729. The van der Waals surface area contributed by atoms with Crippen LogP contribution in [0.3, 0.4) is 0 Å². The van der Waals surface area contributed by atoms with E-state index in [4.69, 9.17) is 4.74 Å². The second kappa shape index (κ2) is 9.71. The fourth-order valence-electron chi connectivity index (χ4n) is 3.91. The lowest BCUT2D eigenvalue weighted by Crippen LogP contribution is -2.46. The normalized spacial score (nSPS) is 23.9. The zero-order valence-corrected chi connectivity index (χ0v) is 17.3. The predicted octanol–water partition coefficient (Wildman–Crippen LogP) is 2.23. The van der Waals surface area contributed by atoms with Crippen LogP contribution in [0.4, 0.5) is 4.79 Å². The number of ether oxygens (including phenoxy) is 1. The molecule has 7 nitrogen and oxygen atoms in total. The van der Waals surface area contributed by atoms with E-state index in [1.54, 1.807) is 0 Å². The number of carbonyl (C=O) groups excluding carboxylic acids is 1. The lowest BCUT2D eigenvalue weighted by atomic mass is 9.86. The summed E-state index contributed by atoms with van der Waals surface area (Å²) in [6.07, 6.45) is 4.54. The van der Waals surface area contributed by atoms with Gasteiger partial charge in [-0.2, -0.15) is 4.31 Å². The summed E-state index contributed by atoms with van der Waals surface area (Å²) in [5, 5.41) is 5.96. The van der Waals surface area contributed by atoms with Gasteiger partial charge in [-0.1, -0.05) is 44.0 Å².